The van der Waals surface area contributed by atoms with E-state index in [9.17, 15) is 0 Å². The van der Waals surface area contributed by atoms with E-state index in [1.165, 1.54) is 11.1 Å². The number of nitrogens with zero attached hydrogens (tertiary/aromatic N) is 1. The van der Waals surface area contributed by atoms with E-state index in [4.69, 9.17) is 14.2 Å². The van der Waals surface area contributed by atoms with E-state index in [0.717, 1.165) is 11.3 Å². The lowest BCUT2D eigenvalue weighted by molar-refractivity contribution is 0.163. The molecule has 0 N–H and O–H groups in total. The number of rotatable bonds is 3. The Morgan fingerprint density at radius 3 is 2.14 bits per heavy atom. The summed E-state index contributed by atoms with van der Waals surface area (Å²) in [5.74, 6) is 0.777. The average Bonchev–Trinajstić information content (AvgIpc) is 3.44. The van der Waals surface area contributed by atoms with Gasteiger partial charge in [-0.25, -0.2) is 4.39 Å². The first kappa shape index (κ1) is 20.4. The Balaban J connectivity index is 1.42. The molecule has 0 saturated carbocycles. The first-order valence-corrected chi connectivity index (χ1v) is 12.0. The Morgan fingerprint density at radius 1 is 0.743 bits per heavy atom. The standard InChI is InChI=1S/C30H24FNO3/c31-27-26-24(17-25-29(27)34-16-15-33-25)35-19-30(26)18-32(23-14-8-7-13-22(23)30)28(20-9-3-1-4-10-20)21-11-5-2-6-12-21/h1-14,17,28H,15-16,18-19H2. The van der Waals surface area contributed by atoms with E-state index in [-0.39, 0.29) is 17.6 Å². The maximum atomic E-state index is 16.1. The minimum Gasteiger partial charge on any atom is -0.492 e. The van der Waals surface area contributed by atoms with Crippen LogP contribution in [0.4, 0.5) is 10.1 Å². The summed E-state index contributed by atoms with van der Waals surface area (Å²) in [6.07, 6.45) is 0. The fourth-order valence-electron chi connectivity index (χ4n) is 5.94. The molecule has 1 unspecified atom stereocenters. The van der Waals surface area contributed by atoms with Crippen LogP contribution in [-0.2, 0) is 5.41 Å². The fourth-order valence-corrected chi connectivity index (χ4v) is 5.94. The van der Waals surface area contributed by atoms with Crippen molar-refractivity contribution in [3.05, 3.63) is 119 Å². The van der Waals surface area contributed by atoms with Crippen molar-refractivity contribution in [1.82, 2.24) is 0 Å². The summed E-state index contributed by atoms with van der Waals surface area (Å²) < 4.78 is 33.7. The number of halogens is 1. The van der Waals surface area contributed by atoms with Gasteiger partial charge in [0.25, 0.3) is 0 Å². The summed E-state index contributed by atoms with van der Waals surface area (Å²) in [5.41, 5.74) is 4.46. The monoisotopic (exact) mass is 465 g/mol. The molecular weight excluding hydrogens is 441 g/mol. The van der Waals surface area contributed by atoms with Gasteiger partial charge in [0.1, 0.15) is 25.6 Å². The van der Waals surface area contributed by atoms with Crippen LogP contribution in [0.15, 0.2) is 91.0 Å². The van der Waals surface area contributed by atoms with Gasteiger partial charge in [-0.1, -0.05) is 78.9 Å². The molecule has 0 saturated heterocycles. The van der Waals surface area contributed by atoms with Crippen molar-refractivity contribution in [1.29, 1.82) is 0 Å². The van der Waals surface area contributed by atoms with Crippen molar-refractivity contribution in [3.8, 4) is 17.2 Å². The van der Waals surface area contributed by atoms with Crippen LogP contribution in [0.5, 0.6) is 17.2 Å². The number of hydrogen-bond acceptors (Lipinski definition) is 4. The topological polar surface area (TPSA) is 30.9 Å². The molecule has 0 fully saturated rings. The number of hydrogen-bond donors (Lipinski definition) is 0. The first-order chi connectivity index (χ1) is 17.3. The highest BCUT2D eigenvalue weighted by molar-refractivity contribution is 5.72. The first-order valence-electron chi connectivity index (χ1n) is 12.0. The van der Waals surface area contributed by atoms with E-state index in [1.54, 1.807) is 6.07 Å². The molecule has 0 amide bonds. The van der Waals surface area contributed by atoms with Gasteiger partial charge in [0, 0.05) is 23.9 Å². The van der Waals surface area contributed by atoms with Crippen molar-refractivity contribution < 1.29 is 18.6 Å². The number of fused-ring (bicyclic) bond motifs is 5. The second-order valence-corrected chi connectivity index (χ2v) is 9.33. The van der Waals surface area contributed by atoms with Crippen molar-refractivity contribution in [2.24, 2.45) is 0 Å². The molecule has 1 spiro atoms. The lowest BCUT2D eigenvalue weighted by atomic mass is 9.77. The summed E-state index contributed by atoms with van der Waals surface area (Å²) >= 11 is 0. The highest BCUT2D eigenvalue weighted by Crippen LogP contribution is 2.57. The molecule has 0 aromatic heterocycles. The third-order valence-electron chi connectivity index (χ3n) is 7.40. The summed E-state index contributed by atoms with van der Waals surface area (Å²) in [4.78, 5) is 2.40. The predicted molar refractivity (Wildman–Crippen MR) is 132 cm³/mol. The zero-order chi connectivity index (χ0) is 23.4. The summed E-state index contributed by atoms with van der Waals surface area (Å²) in [7, 11) is 0. The fraction of sp³-hybridized carbons (Fsp3) is 0.200. The Bertz CT molecular complexity index is 1370. The van der Waals surface area contributed by atoms with E-state index in [2.05, 4.69) is 71.6 Å². The van der Waals surface area contributed by atoms with Gasteiger partial charge in [0.2, 0.25) is 0 Å². The van der Waals surface area contributed by atoms with Crippen LogP contribution < -0.4 is 19.1 Å². The van der Waals surface area contributed by atoms with Gasteiger partial charge in [-0.05, 0) is 22.8 Å². The lowest BCUT2D eigenvalue weighted by Crippen LogP contribution is -2.38. The van der Waals surface area contributed by atoms with E-state index >= 15 is 4.39 Å². The second kappa shape index (κ2) is 7.77. The molecule has 0 radical (unpaired) electrons. The second-order valence-electron chi connectivity index (χ2n) is 9.33. The largest absolute Gasteiger partial charge is 0.492 e. The van der Waals surface area contributed by atoms with Gasteiger partial charge in [-0.15, -0.1) is 0 Å². The summed E-state index contributed by atoms with van der Waals surface area (Å²) in [5, 5.41) is 0. The highest BCUT2D eigenvalue weighted by atomic mass is 19.1. The molecule has 3 aliphatic heterocycles. The van der Waals surface area contributed by atoms with Crippen molar-refractivity contribution in [3.63, 3.8) is 0 Å². The third kappa shape index (κ3) is 2.97. The van der Waals surface area contributed by atoms with Gasteiger partial charge in [-0.2, -0.15) is 0 Å². The van der Waals surface area contributed by atoms with Crippen LogP contribution in [0.2, 0.25) is 0 Å². The Kier molecular flexibility index (Phi) is 4.53. The molecule has 4 nitrogen and oxygen atoms in total. The van der Waals surface area contributed by atoms with Crippen molar-refractivity contribution >= 4 is 5.69 Å². The van der Waals surface area contributed by atoms with E-state index in [0.29, 0.717) is 43.4 Å². The van der Waals surface area contributed by atoms with Gasteiger partial charge in [0.15, 0.2) is 17.3 Å². The molecular formula is C30H24FNO3. The number of benzene rings is 4. The molecule has 3 aliphatic rings. The SMILES string of the molecule is Fc1c2c(cc3c1C1(CO3)CN(C(c3ccccc3)c3ccccc3)c3ccccc31)OCCO2. The summed E-state index contributed by atoms with van der Waals surface area (Å²) in [6, 6.07) is 31.1. The molecule has 1 atom stereocenters. The Morgan fingerprint density at radius 2 is 1.40 bits per heavy atom. The number of ether oxygens (including phenoxy) is 3. The Hall–Kier alpha value is -3.99. The van der Waals surface area contributed by atoms with Gasteiger partial charge in [0.05, 0.1) is 11.5 Å². The highest BCUT2D eigenvalue weighted by Gasteiger charge is 2.53. The van der Waals surface area contributed by atoms with Crippen LogP contribution in [0.3, 0.4) is 0 Å². The van der Waals surface area contributed by atoms with Crippen LogP contribution in [0.1, 0.15) is 28.3 Å². The maximum absolute atomic E-state index is 16.1. The molecule has 4 aromatic carbocycles. The Labute approximate surface area is 203 Å². The van der Waals surface area contributed by atoms with Gasteiger partial charge >= 0.3 is 0 Å². The zero-order valence-electron chi connectivity index (χ0n) is 19.1. The number of anilines is 1. The van der Waals surface area contributed by atoms with Crippen LogP contribution in [0.25, 0.3) is 0 Å². The third-order valence-corrected chi connectivity index (χ3v) is 7.40. The maximum Gasteiger partial charge on any atom is 0.197 e. The molecule has 7 rings (SSSR count). The molecule has 4 aromatic rings. The molecule has 0 aliphatic carbocycles. The lowest BCUT2D eigenvalue weighted by Gasteiger charge is -2.33. The molecule has 5 heteroatoms. The van der Waals surface area contributed by atoms with E-state index < -0.39 is 5.41 Å². The van der Waals surface area contributed by atoms with Gasteiger partial charge in [-0.3, -0.25) is 0 Å². The molecule has 3 heterocycles. The summed E-state index contributed by atoms with van der Waals surface area (Å²) in [6.45, 7) is 1.70. The van der Waals surface area contributed by atoms with Crippen LogP contribution in [0, 0.1) is 5.82 Å². The minimum atomic E-state index is -0.645. The molecule has 174 valence electrons. The van der Waals surface area contributed by atoms with Crippen LogP contribution >= 0.6 is 0 Å². The molecule has 0 bridgehead atoms. The average molecular weight is 466 g/mol. The van der Waals surface area contributed by atoms with Crippen molar-refractivity contribution in [2.75, 3.05) is 31.3 Å². The van der Waals surface area contributed by atoms with Gasteiger partial charge < -0.3 is 19.1 Å². The van der Waals surface area contributed by atoms with E-state index in [1.807, 2.05) is 18.2 Å². The quantitative estimate of drug-likeness (QED) is 0.378. The zero-order valence-corrected chi connectivity index (χ0v) is 19.1. The predicted octanol–water partition coefficient (Wildman–Crippen LogP) is 5.89. The smallest absolute Gasteiger partial charge is 0.197 e. The minimum absolute atomic E-state index is 0.0257. The van der Waals surface area contributed by atoms with Crippen LogP contribution in [-0.4, -0.2) is 26.4 Å². The normalized spacial score (nSPS) is 19.5. The molecule has 35 heavy (non-hydrogen) atoms. The number of para-hydroxylation sites is 1. The van der Waals surface area contributed by atoms with Crippen molar-refractivity contribution in [2.45, 2.75) is 11.5 Å².